The third-order valence-electron chi connectivity index (χ3n) is 4.82. The van der Waals surface area contributed by atoms with Crippen LogP contribution in [0, 0.1) is 0 Å². The van der Waals surface area contributed by atoms with Gasteiger partial charge in [0.05, 0.1) is 19.0 Å². The summed E-state index contributed by atoms with van der Waals surface area (Å²) in [4.78, 5) is 12.3. The second kappa shape index (κ2) is 9.87. The van der Waals surface area contributed by atoms with E-state index in [0.29, 0.717) is 19.6 Å². The molecule has 31 heavy (non-hydrogen) atoms. The third-order valence-corrected chi connectivity index (χ3v) is 5.76. The molecule has 7 nitrogen and oxygen atoms in total. The third kappa shape index (κ3) is 5.38. The van der Waals surface area contributed by atoms with Gasteiger partial charge >= 0.3 is 0 Å². The van der Waals surface area contributed by atoms with Gasteiger partial charge in [0, 0.05) is 24.6 Å². The summed E-state index contributed by atoms with van der Waals surface area (Å²) in [5, 5.41) is 12.4. The molecule has 0 radical (unpaired) electrons. The Balaban J connectivity index is 1.45. The summed E-state index contributed by atoms with van der Waals surface area (Å²) >= 11 is 1.39. The molecule has 0 atom stereocenters. The first-order valence-electron chi connectivity index (χ1n) is 10.4. The van der Waals surface area contributed by atoms with Crippen molar-refractivity contribution in [2.24, 2.45) is 0 Å². The minimum Gasteiger partial charge on any atom is -0.490 e. The summed E-state index contributed by atoms with van der Waals surface area (Å²) in [6, 6.07) is 15.6. The van der Waals surface area contributed by atoms with Crippen LogP contribution in [-0.2, 0) is 11.2 Å². The number of amides is 1. The van der Waals surface area contributed by atoms with E-state index in [4.69, 9.17) is 9.47 Å². The average molecular weight is 439 g/mol. The van der Waals surface area contributed by atoms with Crippen molar-refractivity contribution in [2.45, 2.75) is 37.9 Å². The standard InChI is InChI=1S/C23H26N4O3S/c1-16(2)27-21(14-17-9-10-19-20(13-17)30-12-6-11-29-19)25-26-23(27)31-15-22(28)24-18-7-4-3-5-8-18/h3-5,7-10,13,16H,6,11-12,14-15H2,1-2H3,(H,24,28). The minimum atomic E-state index is -0.0704. The molecular weight excluding hydrogens is 412 g/mol. The Labute approximate surface area is 186 Å². The number of ether oxygens (including phenoxy) is 2. The first-order valence-corrected chi connectivity index (χ1v) is 11.4. The van der Waals surface area contributed by atoms with Crippen molar-refractivity contribution in [3.63, 3.8) is 0 Å². The summed E-state index contributed by atoms with van der Waals surface area (Å²) < 4.78 is 13.6. The maximum atomic E-state index is 12.3. The normalized spacial score (nSPS) is 13.1. The smallest absolute Gasteiger partial charge is 0.234 e. The van der Waals surface area contributed by atoms with Crippen LogP contribution in [0.3, 0.4) is 0 Å². The molecule has 0 fully saturated rings. The number of para-hydroxylation sites is 1. The highest BCUT2D eigenvalue weighted by Gasteiger charge is 2.18. The molecule has 0 saturated heterocycles. The van der Waals surface area contributed by atoms with Crippen molar-refractivity contribution in [2.75, 3.05) is 24.3 Å². The van der Waals surface area contributed by atoms with Crippen LogP contribution in [0.1, 0.15) is 37.7 Å². The molecule has 0 aliphatic carbocycles. The van der Waals surface area contributed by atoms with Gasteiger partial charge in [-0.15, -0.1) is 10.2 Å². The lowest BCUT2D eigenvalue weighted by Crippen LogP contribution is -2.15. The van der Waals surface area contributed by atoms with Gasteiger partial charge in [0.1, 0.15) is 5.82 Å². The molecule has 1 aromatic heterocycles. The first-order chi connectivity index (χ1) is 15.1. The molecular formula is C23H26N4O3S. The monoisotopic (exact) mass is 438 g/mol. The summed E-state index contributed by atoms with van der Waals surface area (Å²) in [6.07, 6.45) is 1.50. The molecule has 1 N–H and O–H groups in total. The number of carbonyl (C=O) groups is 1. The molecule has 1 amide bonds. The molecule has 0 saturated carbocycles. The number of fused-ring (bicyclic) bond motifs is 1. The summed E-state index contributed by atoms with van der Waals surface area (Å²) in [5.74, 6) is 2.61. The van der Waals surface area contributed by atoms with E-state index < -0.39 is 0 Å². The molecule has 4 rings (SSSR count). The van der Waals surface area contributed by atoms with Gasteiger partial charge in [-0.05, 0) is 43.7 Å². The van der Waals surface area contributed by atoms with Gasteiger partial charge in [0.2, 0.25) is 5.91 Å². The van der Waals surface area contributed by atoms with Crippen LogP contribution in [0.5, 0.6) is 11.5 Å². The van der Waals surface area contributed by atoms with Crippen molar-refractivity contribution >= 4 is 23.4 Å². The lowest BCUT2D eigenvalue weighted by Gasteiger charge is -2.14. The molecule has 0 bridgehead atoms. The molecule has 8 heteroatoms. The number of aromatic nitrogens is 3. The highest BCUT2D eigenvalue weighted by molar-refractivity contribution is 7.99. The fourth-order valence-electron chi connectivity index (χ4n) is 3.39. The number of carbonyl (C=O) groups excluding carboxylic acids is 1. The van der Waals surface area contributed by atoms with Gasteiger partial charge < -0.3 is 19.4 Å². The van der Waals surface area contributed by atoms with E-state index in [1.807, 2.05) is 48.5 Å². The fourth-order valence-corrected chi connectivity index (χ4v) is 4.28. The molecule has 1 aliphatic heterocycles. The van der Waals surface area contributed by atoms with E-state index in [1.54, 1.807) is 0 Å². The van der Waals surface area contributed by atoms with Crippen molar-refractivity contribution in [3.05, 3.63) is 59.9 Å². The van der Waals surface area contributed by atoms with Crippen LogP contribution < -0.4 is 14.8 Å². The Hall–Kier alpha value is -3.00. The largest absolute Gasteiger partial charge is 0.490 e. The molecule has 0 spiro atoms. The zero-order chi connectivity index (χ0) is 21.6. The van der Waals surface area contributed by atoms with Crippen molar-refractivity contribution in [3.8, 4) is 11.5 Å². The zero-order valence-electron chi connectivity index (χ0n) is 17.7. The van der Waals surface area contributed by atoms with Crippen molar-refractivity contribution < 1.29 is 14.3 Å². The lowest BCUT2D eigenvalue weighted by atomic mass is 10.1. The van der Waals surface area contributed by atoms with Crippen LogP contribution in [0.2, 0.25) is 0 Å². The van der Waals surface area contributed by atoms with E-state index in [2.05, 4.69) is 33.9 Å². The summed E-state index contributed by atoms with van der Waals surface area (Å²) in [7, 11) is 0. The summed E-state index contributed by atoms with van der Waals surface area (Å²) in [6.45, 7) is 5.51. The Morgan fingerprint density at radius 1 is 1.10 bits per heavy atom. The number of hydrogen-bond donors (Lipinski definition) is 1. The predicted molar refractivity (Wildman–Crippen MR) is 121 cm³/mol. The number of nitrogens with zero attached hydrogens (tertiary/aromatic N) is 3. The Morgan fingerprint density at radius 3 is 2.65 bits per heavy atom. The minimum absolute atomic E-state index is 0.0704. The second-order valence-electron chi connectivity index (χ2n) is 7.57. The summed E-state index contributed by atoms with van der Waals surface area (Å²) in [5.41, 5.74) is 1.87. The van der Waals surface area contributed by atoms with Gasteiger partial charge in [-0.1, -0.05) is 36.0 Å². The predicted octanol–water partition coefficient (Wildman–Crippen LogP) is 4.34. The van der Waals surface area contributed by atoms with E-state index >= 15 is 0 Å². The Bertz CT molecular complexity index is 1040. The van der Waals surface area contributed by atoms with E-state index in [-0.39, 0.29) is 17.7 Å². The molecule has 162 valence electrons. The van der Waals surface area contributed by atoms with Gasteiger partial charge in [-0.25, -0.2) is 0 Å². The average Bonchev–Trinajstić information content (AvgIpc) is 3.01. The SMILES string of the molecule is CC(C)n1c(Cc2ccc3c(c2)OCCCO3)nnc1SCC(=O)Nc1ccccc1. The number of thioether (sulfide) groups is 1. The van der Waals surface area contributed by atoms with Crippen LogP contribution in [0.4, 0.5) is 5.69 Å². The van der Waals surface area contributed by atoms with E-state index in [0.717, 1.165) is 40.2 Å². The lowest BCUT2D eigenvalue weighted by molar-refractivity contribution is -0.113. The van der Waals surface area contributed by atoms with Crippen LogP contribution in [-0.4, -0.2) is 39.6 Å². The molecule has 2 heterocycles. The Kier molecular flexibility index (Phi) is 6.76. The van der Waals surface area contributed by atoms with Crippen LogP contribution >= 0.6 is 11.8 Å². The first kappa shape index (κ1) is 21.2. The Morgan fingerprint density at radius 2 is 1.87 bits per heavy atom. The molecule has 2 aromatic carbocycles. The van der Waals surface area contributed by atoms with Crippen molar-refractivity contribution in [1.29, 1.82) is 0 Å². The highest BCUT2D eigenvalue weighted by atomic mass is 32.2. The van der Waals surface area contributed by atoms with E-state index in [1.165, 1.54) is 11.8 Å². The van der Waals surface area contributed by atoms with E-state index in [9.17, 15) is 4.79 Å². The van der Waals surface area contributed by atoms with Crippen LogP contribution in [0.25, 0.3) is 0 Å². The number of rotatable bonds is 7. The zero-order valence-corrected chi connectivity index (χ0v) is 18.5. The maximum absolute atomic E-state index is 12.3. The van der Waals surface area contributed by atoms with Gasteiger partial charge in [0.15, 0.2) is 16.7 Å². The topological polar surface area (TPSA) is 78.3 Å². The number of hydrogen-bond acceptors (Lipinski definition) is 6. The van der Waals surface area contributed by atoms with Gasteiger partial charge in [-0.3, -0.25) is 4.79 Å². The maximum Gasteiger partial charge on any atom is 0.234 e. The number of anilines is 1. The van der Waals surface area contributed by atoms with Gasteiger partial charge in [-0.2, -0.15) is 0 Å². The number of nitrogens with one attached hydrogen (secondary N) is 1. The number of benzene rings is 2. The second-order valence-corrected chi connectivity index (χ2v) is 8.52. The molecule has 3 aromatic rings. The fraction of sp³-hybridized carbons (Fsp3) is 0.348. The highest BCUT2D eigenvalue weighted by Crippen LogP contribution is 2.31. The van der Waals surface area contributed by atoms with Crippen molar-refractivity contribution in [1.82, 2.24) is 14.8 Å². The van der Waals surface area contributed by atoms with Crippen LogP contribution in [0.15, 0.2) is 53.7 Å². The molecule has 1 aliphatic rings. The quantitative estimate of drug-likeness (QED) is 0.553. The molecule has 0 unspecified atom stereocenters. The van der Waals surface area contributed by atoms with Gasteiger partial charge in [0.25, 0.3) is 0 Å².